The van der Waals surface area contributed by atoms with Gasteiger partial charge in [-0.1, -0.05) is 289 Å². The van der Waals surface area contributed by atoms with E-state index >= 15 is 0 Å². The molecule has 0 aliphatic carbocycles. The summed E-state index contributed by atoms with van der Waals surface area (Å²) in [4.78, 5) is 38.4. The summed E-state index contributed by atoms with van der Waals surface area (Å²) in [6, 6.07) is 0. The Morgan fingerprint density at radius 3 is 0.797 bits per heavy atom. The van der Waals surface area contributed by atoms with Crippen LogP contribution in [0, 0.1) is 0 Å². The van der Waals surface area contributed by atoms with Crippen molar-refractivity contribution in [3.8, 4) is 0 Å². The van der Waals surface area contributed by atoms with Gasteiger partial charge >= 0.3 is 17.9 Å². The van der Waals surface area contributed by atoms with Crippen LogP contribution in [0.5, 0.6) is 0 Å². The third kappa shape index (κ3) is 64.3. The van der Waals surface area contributed by atoms with Gasteiger partial charge in [0.25, 0.3) is 0 Å². The van der Waals surface area contributed by atoms with Crippen molar-refractivity contribution in [2.24, 2.45) is 0 Å². The highest BCUT2D eigenvalue weighted by molar-refractivity contribution is 5.71. The Morgan fingerprint density at radius 1 is 0.266 bits per heavy atom. The quantitative estimate of drug-likeness (QED) is 0.0261. The summed E-state index contributed by atoms with van der Waals surface area (Å²) < 4.78 is 16.9. The van der Waals surface area contributed by atoms with Crippen LogP contribution in [0.15, 0.2) is 134 Å². The summed E-state index contributed by atoms with van der Waals surface area (Å²) in [5, 5.41) is 0. The molecule has 0 aliphatic rings. The lowest BCUT2D eigenvalue weighted by molar-refractivity contribution is -0.167. The highest BCUT2D eigenvalue weighted by Crippen LogP contribution is 2.16. The van der Waals surface area contributed by atoms with Gasteiger partial charge in [0.15, 0.2) is 6.10 Å². The Morgan fingerprint density at radius 2 is 0.494 bits per heavy atom. The molecule has 0 fully saturated rings. The molecule has 0 bridgehead atoms. The van der Waals surface area contributed by atoms with Crippen molar-refractivity contribution in [1.29, 1.82) is 0 Å². The second kappa shape index (κ2) is 66.1. The molecule has 1 unspecified atom stereocenters. The van der Waals surface area contributed by atoms with Crippen LogP contribution in [0.2, 0.25) is 0 Å². The first-order valence-corrected chi connectivity index (χ1v) is 32.7. The molecule has 0 saturated heterocycles. The highest BCUT2D eigenvalue weighted by atomic mass is 16.6. The molecule has 0 radical (unpaired) electrons. The third-order valence-corrected chi connectivity index (χ3v) is 13.7. The monoisotopic (exact) mass is 1090 g/mol. The van der Waals surface area contributed by atoms with E-state index in [0.29, 0.717) is 25.7 Å². The standard InChI is InChI=1S/C73H120O6/c1-4-7-10-13-16-19-22-25-28-31-34-36-39-42-45-48-51-54-57-60-63-66-72(75)78-69-70(68-77-71(74)65-62-59-56-53-50-47-44-41-38-33-30-27-24-21-18-15-12-9-6-3)79-73(76)67-64-61-58-55-52-49-46-43-40-37-35-32-29-26-23-20-17-14-11-8-5-2/h7-8,10-11,16-17,19-20,25-26,28-29,34-37,42-43,45-46,51,54,70H,4-6,9,12-15,18,21-24,27,30-33,38-41,44,47-50,52-53,55-69H2,1-3H3/b10-7-,11-8-,19-16-,20-17-,28-25-,29-26-,36-34-,37-35-,45-42-,46-43-,54-51-. The summed E-state index contributed by atoms with van der Waals surface area (Å²) in [5.74, 6) is -0.960. The molecule has 448 valence electrons. The lowest BCUT2D eigenvalue weighted by Crippen LogP contribution is -2.30. The maximum Gasteiger partial charge on any atom is 0.306 e. The first-order valence-electron chi connectivity index (χ1n) is 32.7. The van der Waals surface area contributed by atoms with Crippen molar-refractivity contribution in [2.45, 2.75) is 297 Å². The Hall–Kier alpha value is -4.45. The van der Waals surface area contributed by atoms with Gasteiger partial charge in [0.1, 0.15) is 13.2 Å². The summed E-state index contributed by atoms with van der Waals surface area (Å²) >= 11 is 0. The van der Waals surface area contributed by atoms with Gasteiger partial charge in [-0.05, 0) is 116 Å². The Kier molecular flexibility index (Phi) is 62.3. The van der Waals surface area contributed by atoms with Crippen LogP contribution in [0.1, 0.15) is 290 Å². The van der Waals surface area contributed by atoms with Crippen molar-refractivity contribution in [2.75, 3.05) is 13.2 Å². The van der Waals surface area contributed by atoms with E-state index in [4.69, 9.17) is 14.2 Å². The molecule has 0 spiro atoms. The SMILES string of the molecule is CC/C=C\C/C=C\C/C=C\C/C=C\C/C=C\C/C=C\CCCCC(=O)OCC(COC(=O)CCCCCCCCCCCCCCCCCCCCC)OC(=O)CCCCCCC/C=C\C/C=C\C/C=C\C/C=C\C/C=C\CC. The van der Waals surface area contributed by atoms with E-state index in [2.05, 4.69) is 154 Å². The number of carbonyl (C=O) groups is 3. The van der Waals surface area contributed by atoms with Crippen LogP contribution in [-0.2, 0) is 28.6 Å². The Bertz CT molecular complexity index is 1680. The van der Waals surface area contributed by atoms with E-state index < -0.39 is 6.10 Å². The topological polar surface area (TPSA) is 78.9 Å². The van der Waals surface area contributed by atoms with Crippen molar-refractivity contribution in [3.05, 3.63) is 134 Å². The van der Waals surface area contributed by atoms with Crippen LogP contribution >= 0.6 is 0 Å². The molecule has 0 amide bonds. The number of ether oxygens (including phenoxy) is 3. The molecule has 0 aliphatic heterocycles. The number of allylic oxidation sites excluding steroid dienone is 22. The number of hydrogen-bond acceptors (Lipinski definition) is 6. The van der Waals surface area contributed by atoms with Gasteiger partial charge in [-0.15, -0.1) is 0 Å². The van der Waals surface area contributed by atoms with Crippen molar-refractivity contribution in [1.82, 2.24) is 0 Å². The van der Waals surface area contributed by atoms with E-state index in [1.165, 1.54) is 103 Å². The van der Waals surface area contributed by atoms with Gasteiger partial charge in [0.2, 0.25) is 0 Å². The molecule has 6 heteroatoms. The predicted molar refractivity (Wildman–Crippen MR) is 343 cm³/mol. The van der Waals surface area contributed by atoms with E-state index in [1.54, 1.807) is 0 Å². The van der Waals surface area contributed by atoms with Gasteiger partial charge in [-0.3, -0.25) is 14.4 Å². The van der Waals surface area contributed by atoms with Crippen molar-refractivity contribution >= 4 is 17.9 Å². The maximum atomic E-state index is 12.9. The first kappa shape index (κ1) is 74.5. The molecule has 0 N–H and O–H groups in total. The summed E-state index contributed by atoms with van der Waals surface area (Å²) in [6.45, 7) is 6.38. The molecule has 0 aromatic heterocycles. The lowest BCUT2D eigenvalue weighted by Gasteiger charge is -2.18. The van der Waals surface area contributed by atoms with Crippen molar-refractivity contribution < 1.29 is 28.6 Å². The van der Waals surface area contributed by atoms with Crippen LogP contribution in [0.3, 0.4) is 0 Å². The van der Waals surface area contributed by atoms with E-state index in [9.17, 15) is 14.4 Å². The minimum absolute atomic E-state index is 0.102. The Balaban J connectivity index is 4.51. The fourth-order valence-corrected chi connectivity index (χ4v) is 8.83. The molecule has 0 aromatic carbocycles. The molecule has 79 heavy (non-hydrogen) atoms. The number of esters is 3. The Labute approximate surface area is 487 Å². The maximum absolute atomic E-state index is 12.9. The second-order valence-corrected chi connectivity index (χ2v) is 21.3. The second-order valence-electron chi connectivity index (χ2n) is 21.3. The number of rotatable bonds is 58. The fraction of sp³-hybridized carbons (Fsp3) is 0.658. The average Bonchev–Trinajstić information content (AvgIpc) is 3.45. The molecule has 6 nitrogen and oxygen atoms in total. The van der Waals surface area contributed by atoms with E-state index in [1.807, 2.05) is 0 Å². The van der Waals surface area contributed by atoms with Crippen LogP contribution in [-0.4, -0.2) is 37.2 Å². The largest absolute Gasteiger partial charge is 0.462 e. The smallest absolute Gasteiger partial charge is 0.306 e. The lowest BCUT2D eigenvalue weighted by atomic mass is 10.0. The normalized spacial score (nSPS) is 13.0. The van der Waals surface area contributed by atoms with Gasteiger partial charge < -0.3 is 14.2 Å². The van der Waals surface area contributed by atoms with Gasteiger partial charge in [0.05, 0.1) is 0 Å². The van der Waals surface area contributed by atoms with Gasteiger partial charge in [-0.2, -0.15) is 0 Å². The van der Waals surface area contributed by atoms with Crippen LogP contribution in [0.4, 0.5) is 0 Å². The van der Waals surface area contributed by atoms with Crippen LogP contribution in [0.25, 0.3) is 0 Å². The number of hydrogen-bond donors (Lipinski definition) is 0. The zero-order chi connectivity index (χ0) is 57.1. The highest BCUT2D eigenvalue weighted by Gasteiger charge is 2.19. The minimum Gasteiger partial charge on any atom is -0.462 e. The van der Waals surface area contributed by atoms with Crippen molar-refractivity contribution in [3.63, 3.8) is 0 Å². The molecule has 0 rings (SSSR count). The minimum atomic E-state index is -0.812. The molecule has 1 atom stereocenters. The van der Waals surface area contributed by atoms with Gasteiger partial charge in [-0.25, -0.2) is 0 Å². The van der Waals surface area contributed by atoms with Gasteiger partial charge in [0, 0.05) is 19.3 Å². The summed E-state index contributed by atoms with van der Waals surface area (Å²) in [7, 11) is 0. The predicted octanol–water partition coefficient (Wildman–Crippen LogP) is 22.5. The first-order chi connectivity index (χ1) is 39.0. The molecule has 0 aromatic rings. The molecular weight excluding hydrogens is 973 g/mol. The van der Waals surface area contributed by atoms with E-state index in [0.717, 1.165) is 141 Å². The van der Waals surface area contributed by atoms with Crippen LogP contribution < -0.4 is 0 Å². The number of carbonyl (C=O) groups excluding carboxylic acids is 3. The number of unbranched alkanes of at least 4 members (excludes halogenated alkanes) is 25. The molecular formula is C73H120O6. The average molecular weight is 1090 g/mol. The molecule has 0 heterocycles. The fourth-order valence-electron chi connectivity index (χ4n) is 8.83. The zero-order valence-corrected chi connectivity index (χ0v) is 51.3. The summed E-state index contributed by atoms with van der Waals surface area (Å²) in [5.41, 5.74) is 0. The van der Waals surface area contributed by atoms with E-state index in [-0.39, 0.29) is 31.1 Å². The zero-order valence-electron chi connectivity index (χ0n) is 51.3. The summed E-state index contributed by atoms with van der Waals surface area (Å²) in [6.07, 6.45) is 93.1. The molecule has 0 saturated carbocycles. The third-order valence-electron chi connectivity index (χ3n) is 13.7.